The standard InChI is InChI=1S/C16H20N2O/c17-12-11-15(19)18-16(13-7-3-1-4-8-13)14-9-5-2-6-10-14/h1,3-4,7-8,14,16H,2,5-6,9-11H2,(H,18,19)/t16-/m0/s1. The normalized spacial score (nSPS) is 17.4. The van der Waals surface area contributed by atoms with Crippen molar-refractivity contribution in [3.05, 3.63) is 35.9 Å². The fourth-order valence-electron chi connectivity index (χ4n) is 2.90. The van der Waals surface area contributed by atoms with Crippen LogP contribution in [0.2, 0.25) is 0 Å². The van der Waals surface area contributed by atoms with E-state index >= 15 is 0 Å². The van der Waals surface area contributed by atoms with E-state index < -0.39 is 0 Å². The fourth-order valence-corrected chi connectivity index (χ4v) is 2.90. The molecular weight excluding hydrogens is 236 g/mol. The van der Waals surface area contributed by atoms with Crippen molar-refractivity contribution < 1.29 is 4.79 Å². The molecule has 1 saturated carbocycles. The van der Waals surface area contributed by atoms with Gasteiger partial charge in [-0.2, -0.15) is 5.26 Å². The van der Waals surface area contributed by atoms with Gasteiger partial charge in [0.2, 0.25) is 5.91 Å². The second-order valence-corrected chi connectivity index (χ2v) is 5.19. The maximum atomic E-state index is 11.7. The van der Waals surface area contributed by atoms with Crippen LogP contribution in [0.25, 0.3) is 0 Å². The van der Waals surface area contributed by atoms with Crippen molar-refractivity contribution >= 4 is 5.91 Å². The molecule has 0 unspecified atom stereocenters. The highest BCUT2D eigenvalue weighted by Crippen LogP contribution is 2.34. The van der Waals surface area contributed by atoms with Gasteiger partial charge in [-0.25, -0.2) is 0 Å². The Bertz CT molecular complexity index is 444. The Morgan fingerprint density at radius 1 is 1.26 bits per heavy atom. The number of carbonyl (C=O) groups excluding carboxylic acids is 1. The first kappa shape index (κ1) is 13.6. The first-order valence-electron chi connectivity index (χ1n) is 7.02. The minimum atomic E-state index is -0.165. The van der Waals surface area contributed by atoms with Crippen molar-refractivity contribution in [2.45, 2.75) is 44.6 Å². The Kier molecular flexibility index (Phi) is 4.97. The molecule has 1 amide bonds. The highest BCUT2D eigenvalue weighted by Gasteiger charge is 2.26. The predicted molar refractivity (Wildman–Crippen MR) is 74.1 cm³/mol. The minimum absolute atomic E-state index is 0.0577. The Morgan fingerprint density at radius 3 is 2.58 bits per heavy atom. The van der Waals surface area contributed by atoms with E-state index in [0.717, 1.165) is 18.4 Å². The zero-order chi connectivity index (χ0) is 13.5. The summed E-state index contributed by atoms with van der Waals surface area (Å²) in [5.41, 5.74) is 1.15. The van der Waals surface area contributed by atoms with E-state index in [2.05, 4.69) is 17.4 Å². The molecule has 3 nitrogen and oxygen atoms in total. The van der Waals surface area contributed by atoms with Crippen LogP contribution in [0, 0.1) is 17.2 Å². The van der Waals surface area contributed by atoms with Gasteiger partial charge in [-0.15, -0.1) is 0 Å². The van der Waals surface area contributed by atoms with Gasteiger partial charge >= 0.3 is 0 Å². The molecule has 0 radical (unpaired) electrons. The molecule has 1 aliphatic carbocycles. The molecule has 100 valence electrons. The minimum Gasteiger partial charge on any atom is -0.348 e. The number of nitrogens with one attached hydrogen (secondary N) is 1. The van der Waals surface area contributed by atoms with Gasteiger partial charge in [0.05, 0.1) is 12.1 Å². The second kappa shape index (κ2) is 6.94. The molecule has 3 heteroatoms. The first-order chi connectivity index (χ1) is 9.31. The Hall–Kier alpha value is -1.82. The number of hydrogen-bond donors (Lipinski definition) is 1. The van der Waals surface area contributed by atoms with Crippen molar-refractivity contribution in [3.63, 3.8) is 0 Å². The van der Waals surface area contributed by atoms with Crippen LogP contribution >= 0.6 is 0 Å². The van der Waals surface area contributed by atoms with Crippen LogP contribution in [0.3, 0.4) is 0 Å². The van der Waals surface area contributed by atoms with Gasteiger partial charge in [0.1, 0.15) is 6.42 Å². The lowest BCUT2D eigenvalue weighted by atomic mass is 9.81. The summed E-state index contributed by atoms with van der Waals surface area (Å²) >= 11 is 0. The van der Waals surface area contributed by atoms with Gasteiger partial charge < -0.3 is 5.32 Å². The Balaban J connectivity index is 2.13. The van der Waals surface area contributed by atoms with E-state index in [4.69, 9.17) is 5.26 Å². The summed E-state index contributed by atoms with van der Waals surface area (Å²) in [5, 5.41) is 11.7. The monoisotopic (exact) mass is 256 g/mol. The van der Waals surface area contributed by atoms with E-state index in [1.165, 1.54) is 19.3 Å². The molecular formula is C16H20N2O. The maximum Gasteiger partial charge on any atom is 0.234 e. The number of carbonyl (C=O) groups is 1. The highest BCUT2D eigenvalue weighted by molar-refractivity contribution is 5.78. The van der Waals surface area contributed by atoms with Gasteiger partial charge in [0.25, 0.3) is 0 Å². The molecule has 19 heavy (non-hydrogen) atoms. The molecule has 1 aromatic carbocycles. The van der Waals surface area contributed by atoms with Crippen molar-refractivity contribution in [2.75, 3.05) is 0 Å². The number of rotatable bonds is 4. The summed E-state index contributed by atoms with van der Waals surface area (Å²) in [5.74, 6) is 0.334. The van der Waals surface area contributed by atoms with Gasteiger partial charge in [-0.3, -0.25) is 4.79 Å². The summed E-state index contributed by atoms with van der Waals surface area (Å²) in [6.07, 6.45) is 6.03. The van der Waals surface area contributed by atoms with E-state index in [0.29, 0.717) is 5.92 Å². The predicted octanol–water partition coefficient (Wildman–Crippen LogP) is 3.34. The lowest BCUT2D eigenvalue weighted by Gasteiger charge is -2.31. The third-order valence-corrected chi connectivity index (χ3v) is 3.84. The molecule has 1 fully saturated rings. The smallest absolute Gasteiger partial charge is 0.234 e. The summed E-state index contributed by atoms with van der Waals surface area (Å²) in [6, 6.07) is 12.1. The molecule has 0 aliphatic heterocycles. The lowest BCUT2D eigenvalue weighted by molar-refractivity contribution is -0.121. The largest absolute Gasteiger partial charge is 0.348 e. The van der Waals surface area contributed by atoms with Gasteiger partial charge in [0.15, 0.2) is 0 Å². The molecule has 1 atom stereocenters. The molecule has 0 saturated heterocycles. The number of nitrogens with zero attached hydrogens (tertiary/aromatic N) is 1. The molecule has 0 spiro atoms. The molecule has 2 rings (SSSR count). The average Bonchev–Trinajstić information content (AvgIpc) is 2.47. The summed E-state index contributed by atoms with van der Waals surface area (Å²) in [4.78, 5) is 11.7. The van der Waals surface area contributed by atoms with Crippen LogP contribution in [-0.2, 0) is 4.79 Å². The number of hydrogen-bond acceptors (Lipinski definition) is 2. The van der Waals surface area contributed by atoms with Crippen LogP contribution in [0.15, 0.2) is 30.3 Å². The van der Waals surface area contributed by atoms with Crippen molar-refractivity contribution in [3.8, 4) is 6.07 Å². The third-order valence-electron chi connectivity index (χ3n) is 3.84. The van der Waals surface area contributed by atoms with Crippen LogP contribution in [0.1, 0.15) is 50.1 Å². The van der Waals surface area contributed by atoms with Crippen LogP contribution in [0.5, 0.6) is 0 Å². The molecule has 1 N–H and O–H groups in total. The third kappa shape index (κ3) is 3.82. The zero-order valence-corrected chi connectivity index (χ0v) is 11.1. The van der Waals surface area contributed by atoms with Crippen LogP contribution < -0.4 is 5.32 Å². The van der Waals surface area contributed by atoms with E-state index in [1.54, 1.807) is 0 Å². The molecule has 1 aliphatic rings. The average molecular weight is 256 g/mol. The van der Waals surface area contributed by atoms with Gasteiger partial charge in [0, 0.05) is 0 Å². The molecule has 0 bridgehead atoms. The summed E-state index contributed by atoms with van der Waals surface area (Å²) in [6.45, 7) is 0. The van der Waals surface area contributed by atoms with Crippen molar-refractivity contribution in [1.82, 2.24) is 5.32 Å². The van der Waals surface area contributed by atoms with Crippen LogP contribution in [0.4, 0.5) is 0 Å². The molecule has 0 aromatic heterocycles. The number of amides is 1. The van der Waals surface area contributed by atoms with Crippen molar-refractivity contribution in [2.24, 2.45) is 5.92 Å². The molecule has 1 aromatic rings. The Labute approximate surface area is 114 Å². The Morgan fingerprint density at radius 2 is 1.95 bits per heavy atom. The highest BCUT2D eigenvalue weighted by atomic mass is 16.1. The summed E-state index contributed by atoms with van der Waals surface area (Å²) < 4.78 is 0. The van der Waals surface area contributed by atoms with Crippen LogP contribution in [-0.4, -0.2) is 5.91 Å². The SMILES string of the molecule is N#CCC(=O)N[C@@H](c1ccccc1)C1CCCCC1. The quantitative estimate of drug-likeness (QED) is 0.898. The lowest BCUT2D eigenvalue weighted by Crippen LogP contribution is -2.34. The summed E-state index contributed by atoms with van der Waals surface area (Å²) in [7, 11) is 0. The topological polar surface area (TPSA) is 52.9 Å². The van der Waals surface area contributed by atoms with E-state index in [9.17, 15) is 4.79 Å². The molecule has 0 heterocycles. The number of nitriles is 1. The van der Waals surface area contributed by atoms with Crippen molar-refractivity contribution in [1.29, 1.82) is 5.26 Å². The van der Waals surface area contributed by atoms with E-state index in [-0.39, 0.29) is 18.4 Å². The maximum absolute atomic E-state index is 11.7. The van der Waals surface area contributed by atoms with Gasteiger partial charge in [-0.1, -0.05) is 49.6 Å². The second-order valence-electron chi connectivity index (χ2n) is 5.19. The number of benzene rings is 1. The van der Waals surface area contributed by atoms with E-state index in [1.807, 2.05) is 24.3 Å². The fraction of sp³-hybridized carbons (Fsp3) is 0.500. The first-order valence-corrected chi connectivity index (χ1v) is 7.02. The van der Waals surface area contributed by atoms with Gasteiger partial charge in [-0.05, 0) is 24.3 Å². The zero-order valence-electron chi connectivity index (χ0n) is 11.1.